The van der Waals surface area contributed by atoms with E-state index in [2.05, 4.69) is 39.5 Å². The molecule has 8 heteroatoms. The lowest BCUT2D eigenvalue weighted by molar-refractivity contribution is -0.142. The van der Waals surface area contributed by atoms with Gasteiger partial charge in [-0.1, -0.05) is 30.3 Å². The molecule has 0 bridgehead atoms. The van der Waals surface area contributed by atoms with Crippen LogP contribution in [0, 0.1) is 5.92 Å². The van der Waals surface area contributed by atoms with Crippen LogP contribution >= 0.6 is 24.0 Å². The van der Waals surface area contributed by atoms with Crippen LogP contribution in [0.3, 0.4) is 0 Å². The molecule has 3 aliphatic rings. The van der Waals surface area contributed by atoms with Crippen molar-refractivity contribution in [1.29, 1.82) is 0 Å². The highest BCUT2D eigenvalue weighted by Gasteiger charge is 2.32. The van der Waals surface area contributed by atoms with E-state index in [1.54, 1.807) is 0 Å². The number of hydrogen-bond acceptors (Lipinski definition) is 4. The Hall–Kier alpha value is -1.39. The summed E-state index contributed by atoms with van der Waals surface area (Å²) in [5, 5.41) is 3.55. The fourth-order valence-corrected chi connectivity index (χ4v) is 4.52. The average molecular weight is 528 g/mol. The number of amides is 1. The number of nitrogens with one attached hydrogen (secondary N) is 1. The van der Waals surface area contributed by atoms with E-state index < -0.39 is 0 Å². The Morgan fingerprint density at radius 1 is 1.07 bits per heavy atom. The number of nitrogens with zero attached hydrogens (tertiary/aromatic N) is 3. The standard InChI is InChI=1S/C22H32N4O3.HI/c1-23-22(24-16-18-9-15-29-20(18)17-6-3-2-4-7-17)26-12-10-25(11-13-26)21(27)19-8-5-14-28-19;/h2-4,6-7,18-20H,5,8-16H2,1H3,(H,23,24);1H. The number of piperazine rings is 1. The van der Waals surface area contributed by atoms with Gasteiger partial charge in [-0.3, -0.25) is 9.79 Å². The first kappa shape index (κ1) is 23.3. The SMILES string of the molecule is CN=C(NCC1CCOC1c1ccccc1)N1CCN(C(=O)C2CCCO2)CC1.I. The number of aliphatic imine (C=N–C) groups is 1. The molecule has 3 unspecified atom stereocenters. The zero-order chi connectivity index (χ0) is 20.1. The number of hydrogen-bond donors (Lipinski definition) is 1. The molecule has 7 nitrogen and oxygen atoms in total. The molecular weight excluding hydrogens is 495 g/mol. The Kier molecular flexibility index (Phi) is 8.76. The second kappa shape index (κ2) is 11.3. The molecule has 4 rings (SSSR count). The summed E-state index contributed by atoms with van der Waals surface area (Å²) in [5.74, 6) is 1.49. The zero-order valence-electron chi connectivity index (χ0n) is 17.7. The van der Waals surface area contributed by atoms with Crippen molar-refractivity contribution in [3.05, 3.63) is 35.9 Å². The third-order valence-corrected chi connectivity index (χ3v) is 6.17. The first-order chi connectivity index (χ1) is 14.3. The molecule has 3 aliphatic heterocycles. The van der Waals surface area contributed by atoms with Crippen molar-refractivity contribution in [1.82, 2.24) is 15.1 Å². The van der Waals surface area contributed by atoms with Crippen LogP contribution in [0.4, 0.5) is 0 Å². The van der Waals surface area contributed by atoms with E-state index >= 15 is 0 Å². The van der Waals surface area contributed by atoms with Gasteiger partial charge in [0.1, 0.15) is 6.10 Å². The van der Waals surface area contributed by atoms with E-state index in [0.29, 0.717) is 12.5 Å². The topological polar surface area (TPSA) is 66.4 Å². The Morgan fingerprint density at radius 3 is 2.47 bits per heavy atom. The van der Waals surface area contributed by atoms with Crippen molar-refractivity contribution in [2.24, 2.45) is 10.9 Å². The van der Waals surface area contributed by atoms with Gasteiger partial charge in [-0.25, -0.2) is 0 Å². The molecule has 3 heterocycles. The fraction of sp³-hybridized carbons (Fsp3) is 0.636. The predicted octanol–water partition coefficient (Wildman–Crippen LogP) is 2.28. The minimum Gasteiger partial charge on any atom is -0.373 e. The molecule has 3 fully saturated rings. The van der Waals surface area contributed by atoms with Crippen molar-refractivity contribution < 1.29 is 14.3 Å². The summed E-state index contributed by atoms with van der Waals surface area (Å²) in [7, 11) is 1.83. The normalized spacial score (nSPS) is 27.1. The highest BCUT2D eigenvalue weighted by molar-refractivity contribution is 14.0. The van der Waals surface area contributed by atoms with Gasteiger partial charge in [-0.05, 0) is 24.8 Å². The van der Waals surface area contributed by atoms with E-state index in [1.807, 2.05) is 18.0 Å². The molecule has 30 heavy (non-hydrogen) atoms. The van der Waals surface area contributed by atoms with Gasteiger partial charge in [-0.15, -0.1) is 24.0 Å². The van der Waals surface area contributed by atoms with Gasteiger partial charge in [0.05, 0.1) is 6.10 Å². The van der Waals surface area contributed by atoms with Crippen molar-refractivity contribution in [3.63, 3.8) is 0 Å². The quantitative estimate of drug-likeness (QED) is 0.369. The largest absolute Gasteiger partial charge is 0.373 e. The van der Waals surface area contributed by atoms with Gasteiger partial charge >= 0.3 is 0 Å². The molecule has 0 aliphatic carbocycles. The number of halogens is 1. The minimum absolute atomic E-state index is 0. The Bertz CT molecular complexity index is 704. The Balaban J connectivity index is 0.00000256. The number of benzene rings is 1. The summed E-state index contributed by atoms with van der Waals surface area (Å²) in [4.78, 5) is 21.2. The number of carbonyl (C=O) groups is 1. The highest BCUT2D eigenvalue weighted by atomic mass is 127. The van der Waals surface area contributed by atoms with E-state index in [0.717, 1.165) is 64.6 Å². The number of carbonyl (C=O) groups excluding carboxylic acids is 1. The molecule has 1 aromatic rings. The van der Waals surface area contributed by atoms with Crippen LogP contribution < -0.4 is 5.32 Å². The summed E-state index contributed by atoms with van der Waals surface area (Å²) in [6, 6.07) is 10.5. The molecule has 3 saturated heterocycles. The van der Waals surface area contributed by atoms with Gasteiger partial charge in [0.15, 0.2) is 5.96 Å². The molecule has 166 valence electrons. The van der Waals surface area contributed by atoms with Crippen molar-refractivity contribution in [2.75, 3.05) is 53.0 Å². The lowest BCUT2D eigenvalue weighted by atomic mass is 9.95. The molecule has 3 atom stereocenters. The maximum atomic E-state index is 12.5. The van der Waals surface area contributed by atoms with Crippen LogP contribution in [0.1, 0.15) is 30.9 Å². The molecule has 0 saturated carbocycles. The van der Waals surface area contributed by atoms with Gasteiger partial charge in [0.2, 0.25) is 0 Å². The summed E-state index contributed by atoms with van der Waals surface area (Å²) in [6.07, 6.45) is 2.81. The maximum Gasteiger partial charge on any atom is 0.251 e. The first-order valence-electron chi connectivity index (χ1n) is 10.8. The fourth-order valence-electron chi connectivity index (χ4n) is 4.52. The van der Waals surface area contributed by atoms with E-state index in [-0.39, 0.29) is 42.1 Å². The monoisotopic (exact) mass is 528 g/mol. The average Bonchev–Trinajstić information content (AvgIpc) is 3.47. The zero-order valence-corrected chi connectivity index (χ0v) is 20.0. The van der Waals surface area contributed by atoms with Crippen molar-refractivity contribution >= 4 is 35.8 Å². The summed E-state index contributed by atoms with van der Waals surface area (Å²) < 4.78 is 11.6. The lowest BCUT2D eigenvalue weighted by Crippen LogP contribution is -2.55. The van der Waals surface area contributed by atoms with Crippen molar-refractivity contribution in [2.45, 2.75) is 31.5 Å². The molecular formula is C22H33IN4O3. The Morgan fingerprint density at radius 2 is 1.80 bits per heavy atom. The molecule has 1 N–H and O–H groups in total. The molecule has 0 radical (unpaired) electrons. The third kappa shape index (κ3) is 5.45. The summed E-state index contributed by atoms with van der Waals surface area (Å²) in [5.41, 5.74) is 1.24. The predicted molar refractivity (Wildman–Crippen MR) is 127 cm³/mol. The number of ether oxygens (including phenoxy) is 2. The van der Waals surface area contributed by atoms with Crippen LogP contribution in [0.25, 0.3) is 0 Å². The smallest absolute Gasteiger partial charge is 0.251 e. The van der Waals surface area contributed by atoms with Crippen molar-refractivity contribution in [3.8, 4) is 0 Å². The molecule has 0 spiro atoms. The van der Waals surface area contributed by atoms with E-state index in [9.17, 15) is 4.79 Å². The van der Waals surface area contributed by atoms with Gasteiger partial charge < -0.3 is 24.6 Å². The molecule has 0 aromatic heterocycles. The van der Waals surface area contributed by atoms with Crippen LogP contribution in [-0.2, 0) is 14.3 Å². The maximum absolute atomic E-state index is 12.5. The van der Waals surface area contributed by atoms with Gasteiger partial charge in [0, 0.05) is 58.9 Å². The Labute approximate surface area is 196 Å². The van der Waals surface area contributed by atoms with Crippen LogP contribution in [0.2, 0.25) is 0 Å². The first-order valence-corrected chi connectivity index (χ1v) is 10.8. The third-order valence-electron chi connectivity index (χ3n) is 6.17. The minimum atomic E-state index is -0.226. The van der Waals surface area contributed by atoms with Crippen LogP contribution in [-0.4, -0.2) is 80.8 Å². The number of guanidine groups is 1. The lowest BCUT2D eigenvalue weighted by Gasteiger charge is -2.37. The molecule has 1 aromatic carbocycles. The summed E-state index contributed by atoms with van der Waals surface area (Å²) in [6.45, 7) is 5.37. The van der Waals surface area contributed by atoms with Crippen LogP contribution in [0.15, 0.2) is 35.3 Å². The van der Waals surface area contributed by atoms with E-state index in [4.69, 9.17) is 9.47 Å². The number of rotatable bonds is 4. The van der Waals surface area contributed by atoms with Gasteiger partial charge in [0.25, 0.3) is 5.91 Å². The van der Waals surface area contributed by atoms with E-state index in [1.165, 1.54) is 5.56 Å². The second-order valence-electron chi connectivity index (χ2n) is 7.99. The second-order valence-corrected chi connectivity index (χ2v) is 7.99. The van der Waals surface area contributed by atoms with Crippen LogP contribution in [0.5, 0.6) is 0 Å². The molecule has 1 amide bonds. The summed E-state index contributed by atoms with van der Waals surface area (Å²) >= 11 is 0. The highest BCUT2D eigenvalue weighted by Crippen LogP contribution is 2.33. The van der Waals surface area contributed by atoms with Gasteiger partial charge in [-0.2, -0.15) is 0 Å².